The molecule has 0 fully saturated rings. The van der Waals surface area contributed by atoms with Crippen molar-refractivity contribution in [2.75, 3.05) is 5.32 Å². The number of para-hydroxylation sites is 1. The molecule has 29 heavy (non-hydrogen) atoms. The number of nitrogens with one attached hydrogen (secondary N) is 1. The van der Waals surface area contributed by atoms with Crippen molar-refractivity contribution in [2.45, 2.75) is 20.4 Å². The lowest BCUT2D eigenvalue weighted by Crippen LogP contribution is -2.15. The van der Waals surface area contributed by atoms with Gasteiger partial charge >= 0.3 is 0 Å². The molecule has 0 aliphatic carbocycles. The molecule has 0 spiro atoms. The maximum Gasteiger partial charge on any atom is 0.260 e. The van der Waals surface area contributed by atoms with Gasteiger partial charge in [-0.3, -0.25) is 9.48 Å². The Morgan fingerprint density at radius 1 is 1.00 bits per heavy atom. The third-order valence-corrected chi connectivity index (χ3v) is 5.06. The third-order valence-electron chi connectivity index (χ3n) is 4.69. The number of carbonyl (C=O) groups is 1. The molecule has 146 valence electrons. The first-order valence-corrected chi connectivity index (χ1v) is 9.60. The van der Waals surface area contributed by atoms with Crippen LogP contribution in [0, 0.1) is 13.8 Å². The minimum Gasteiger partial charge on any atom is -0.305 e. The summed E-state index contributed by atoms with van der Waals surface area (Å²) >= 11 is 6.21. The molecule has 2 aromatic heterocycles. The highest BCUT2D eigenvalue weighted by Gasteiger charge is 2.20. The highest BCUT2D eigenvalue weighted by Crippen LogP contribution is 2.20. The summed E-state index contributed by atoms with van der Waals surface area (Å²) in [6.45, 7) is 4.24. The molecule has 4 rings (SSSR count). The Morgan fingerprint density at radius 3 is 2.48 bits per heavy atom. The number of benzene rings is 2. The second kappa shape index (κ2) is 7.93. The maximum atomic E-state index is 12.9. The first kappa shape index (κ1) is 19.0. The first-order chi connectivity index (χ1) is 14.0. The Morgan fingerprint density at radius 2 is 1.72 bits per heavy atom. The lowest BCUT2D eigenvalue weighted by Gasteiger charge is -2.06. The van der Waals surface area contributed by atoms with Gasteiger partial charge < -0.3 is 5.32 Å². The molecule has 7 heteroatoms. The van der Waals surface area contributed by atoms with Crippen LogP contribution in [0.15, 0.2) is 66.9 Å². The quantitative estimate of drug-likeness (QED) is 0.526. The van der Waals surface area contributed by atoms with E-state index in [1.807, 2.05) is 74.6 Å². The number of hydrogen-bond acceptors (Lipinski definition) is 3. The summed E-state index contributed by atoms with van der Waals surface area (Å²) in [5, 5.41) is 12.5. The van der Waals surface area contributed by atoms with Crippen molar-refractivity contribution < 1.29 is 4.79 Å². The maximum absolute atomic E-state index is 12.9. The van der Waals surface area contributed by atoms with E-state index < -0.39 is 0 Å². The topological polar surface area (TPSA) is 64.7 Å². The summed E-state index contributed by atoms with van der Waals surface area (Å²) in [5.41, 5.74) is 3.87. The van der Waals surface area contributed by atoms with Crippen LogP contribution in [0.2, 0.25) is 5.02 Å². The number of aryl methyl sites for hydroxylation is 1. The van der Waals surface area contributed by atoms with Crippen LogP contribution in [0.4, 0.5) is 5.82 Å². The van der Waals surface area contributed by atoms with Gasteiger partial charge in [0.1, 0.15) is 0 Å². The van der Waals surface area contributed by atoms with E-state index in [-0.39, 0.29) is 5.91 Å². The molecule has 1 amide bonds. The van der Waals surface area contributed by atoms with Crippen molar-refractivity contribution >= 4 is 23.3 Å². The fourth-order valence-electron chi connectivity index (χ4n) is 3.29. The molecule has 0 radical (unpaired) electrons. The zero-order chi connectivity index (χ0) is 20.4. The predicted molar refractivity (Wildman–Crippen MR) is 114 cm³/mol. The van der Waals surface area contributed by atoms with Gasteiger partial charge in [-0.25, -0.2) is 4.68 Å². The van der Waals surface area contributed by atoms with Crippen molar-refractivity contribution in [1.29, 1.82) is 0 Å². The Bertz CT molecular complexity index is 1160. The van der Waals surface area contributed by atoms with Crippen LogP contribution in [-0.4, -0.2) is 25.5 Å². The molecule has 6 nitrogen and oxygen atoms in total. The van der Waals surface area contributed by atoms with Gasteiger partial charge in [0.15, 0.2) is 5.82 Å². The second-order valence-corrected chi connectivity index (χ2v) is 7.14. The van der Waals surface area contributed by atoms with Crippen LogP contribution < -0.4 is 5.32 Å². The predicted octanol–water partition coefficient (Wildman–Crippen LogP) is 4.64. The van der Waals surface area contributed by atoms with Crippen molar-refractivity contribution in [3.63, 3.8) is 0 Å². The molecular formula is C22H20ClN5O. The number of anilines is 1. The molecule has 0 bridgehead atoms. The van der Waals surface area contributed by atoms with Gasteiger partial charge in [0.2, 0.25) is 0 Å². The van der Waals surface area contributed by atoms with Crippen molar-refractivity contribution in [3.8, 4) is 5.69 Å². The zero-order valence-corrected chi connectivity index (χ0v) is 16.9. The first-order valence-electron chi connectivity index (χ1n) is 9.23. The van der Waals surface area contributed by atoms with E-state index in [1.54, 1.807) is 15.4 Å². The summed E-state index contributed by atoms with van der Waals surface area (Å²) < 4.78 is 3.52. The van der Waals surface area contributed by atoms with Crippen LogP contribution in [0.1, 0.15) is 27.3 Å². The van der Waals surface area contributed by atoms with Crippen LogP contribution in [0.3, 0.4) is 0 Å². The molecule has 0 aliphatic heterocycles. The number of hydrogen-bond donors (Lipinski definition) is 1. The molecule has 0 saturated heterocycles. The molecule has 1 N–H and O–H groups in total. The Kier molecular flexibility index (Phi) is 5.18. The second-order valence-electron chi connectivity index (χ2n) is 6.74. The molecule has 0 aliphatic rings. The number of nitrogens with zero attached hydrogens (tertiary/aromatic N) is 4. The Labute approximate surface area is 173 Å². The highest BCUT2D eigenvalue weighted by atomic mass is 35.5. The number of carbonyl (C=O) groups excluding carboxylic acids is 1. The fraction of sp³-hybridized carbons (Fsp3) is 0.136. The van der Waals surface area contributed by atoms with Crippen LogP contribution >= 0.6 is 11.6 Å². The molecule has 2 aromatic carbocycles. The SMILES string of the molecule is Cc1nn(-c2ccccc2)c(C)c1C(=O)Nc1ccn(Cc2ccccc2Cl)n1. The zero-order valence-electron chi connectivity index (χ0n) is 16.1. The normalized spacial score (nSPS) is 10.9. The van der Waals surface area contributed by atoms with E-state index in [0.29, 0.717) is 28.6 Å². The third kappa shape index (κ3) is 3.93. The van der Waals surface area contributed by atoms with Crippen molar-refractivity contribution in [3.05, 3.63) is 94.4 Å². The van der Waals surface area contributed by atoms with Crippen LogP contribution in [-0.2, 0) is 6.54 Å². The lowest BCUT2D eigenvalue weighted by atomic mass is 10.2. The van der Waals surface area contributed by atoms with Gasteiger partial charge in [-0.1, -0.05) is 48.0 Å². The monoisotopic (exact) mass is 405 g/mol. The Balaban J connectivity index is 1.53. The minimum absolute atomic E-state index is 0.231. The van der Waals surface area contributed by atoms with Gasteiger partial charge in [-0.05, 0) is 37.6 Å². The van der Waals surface area contributed by atoms with E-state index in [2.05, 4.69) is 15.5 Å². The summed E-state index contributed by atoms with van der Waals surface area (Å²) in [7, 11) is 0. The molecular weight excluding hydrogens is 386 g/mol. The lowest BCUT2D eigenvalue weighted by molar-refractivity contribution is 0.102. The van der Waals surface area contributed by atoms with Crippen LogP contribution in [0.25, 0.3) is 5.69 Å². The summed E-state index contributed by atoms with van der Waals surface area (Å²) in [6, 6.07) is 19.1. The molecule has 2 heterocycles. The van der Waals surface area contributed by atoms with Gasteiger partial charge in [-0.15, -0.1) is 0 Å². The largest absolute Gasteiger partial charge is 0.305 e. The summed E-state index contributed by atoms with van der Waals surface area (Å²) in [5.74, 6) is 0.249. The number of amides is 1. The number of halogens is 1. The molecule has 0 saturated carbocycles. The van der Waals surface area contributed by atoms with Crippen molar-refractivity contribution in [1.82, 2.24) is 19.6 Å². The molecule has 0 unspecified atom stereocenters. The Hall–Kier alpha value is -3.38. The van der Waals surface area contributed by atoms with Crippen molar-refractivity contribution in [2.24, 2.45) is 0 Å². The van der Waals surface area contributed by atoms with E-state index in [4.69, 9.17) is 11.6 Å². The number of rotatable bonds is 5. The van der Waals surface area contributed by atoms with Gasteiger partial charge in [0.25, 0.3) is 5.91 Å². The number of aromatic nitrogens is 4. The summed E-state index contributed by atoms with van der Waals surface area (Å²) in [4.78, 5) is 12.9. The standard InChI is InChI=1S/C22H20ClN5O/c1-15-21(16(2)28(25-15)18-9-4-3-5-10-18)22(29)24-20-12-13-27(26-20)14-17-8-6-7-11-19(17)23/h3-13H,14H2,1-2H3,(H,24,26,29). The van der Waals surface area contributed by atoms with E-state index in [0.717, 1.165) is 16.9 Å². The van der Waals surface area contributed by atoms with Crippen LogP contribution in [0.5, 0.6) is 0 Å². The molecule has 4 aromatic rings. The van der Waals surface area contributed by atoms with Gasteiger partial charge in [0.05, 0.1) is 29.2 Å². The van der Waals surface area contributed by atoms with Gasteiger partial charge in [-0.2, -0.15) is 10.2 Å². The van der Waals surface area contributed by atoms with E-state index >= 15 is 0 Å². The molecule has 0 atom stereocenters. The fourth-order valence-corrected chi connectivity index (χ4v) is 3.48. The summed E-state index contributed by atoms with van der Waals surface area (Å²) in [6.07, 6.45) is 1.81. The van der Waals surface area contributed by atoms with E-state index in [9.17, 15) is 4.79 Å². The minimum atomic E-state index is -0.231. The average Bonchev–Trinajstić information content (AvgIpc) is 3.27. The highest BCUT2D eigenvalue weighted by molar-refractivity contribution is 6.31. The smallest absolute Gasteiger partial charge is 0.260 e. The average molecular weight is 406 g/mol. The van der Waals surface area contributed by atoms with E-state index in [1.165, 1.54) is 0 Å². The van der Waals surface area contributed by atoms with Gasteiger partial charge in [0, 0.05) is 17.3 Å².